The number of primary amides is 1. The van der Waals surface area contributed by atoms with E-state index in [-0.39, 0.29) is 12.5 Å². The van der Waals surface area contributed by atoms with E-state index in [1.165, 1.54) is 33.5 Å². The topological polar surface area (TPSA) is 98.9 Å². The lowest BCUT2D eigenvalue weighted by molar-refractivity contribution is -0.106. The Labute approximate surface area is 275 Å². The summed E-state index contributed by atoms with van der Waals surface area (Å²) < 4.78 is 0. The van der Waals surface area contributed by atoms with Gasteiger partial charge in [-0.3, -0.25) is 14.8 Å². The Morgan fingerprint density at radius 2 is 1.74 bits per heavy atom. The predicted molar refractivity (Wildman–Crippen MR) is 197 cm³/mol. The van der Waals surface area contributed by atoms with Crippen molar-refractivity contribution in [3.8, 4) is 11.1 Å². The molecule has 1 saturated heterocycles. The van der Waals surface area contributed by atoms with E-state index in [1.54, 1.807) is 0 Å². The SMILES string of the molecule is C=C(NC)c1ccc(-c2ccc(/C(C)=C/C(=C/N=CC(C)Nc3ccc(N4CCN(C)CC4)cc3)CC)c(CC)c2)cn1.NC=O. The summed E-state index contributed by atoms with van der Waals surface area (Å²) in [5.41, 5.74) is 15.6. The molecule has 1 aromatic heterocycles. The number of aromatic nitrogens is 1. The third-order valence-electron chi connectivity index (χ3n) is 8.11. The van der Waals surface area contributed by atoms with Crippen molar-refractivity contribution in [3.05, 3.63) is 102 Å². The van der Waals surface area contributed by atoms with Crippen LogP contribution in [0.3, 0.4) is 0 Å². The second-order valence-electron chi connectivity index (χ2n) is 11.5. The number of carbonyl (C=O) groups excluding carboxylic acids is 1. The molecule has 4 N–H and O–H groups in total. The zero-order valence-corrected chi connectivity index (χ0v) is 28.4. The Kier molecular flexibility index (Phi) is 14.3. The van der Waals surface area contributed by atoms with E-state index >= 15 is 0 Å². The van der Waals surface area contributed by atoms with Gasteiger partial charge in [0.1, 0.15) is 0 Å². The van der Waals surface area contributed by atoms with Gasteiger partial charge >= 0.3 is 0 Å². The van der Waals surface area contributed by atoms with Crippen LogP contribution in [-0.2, 0) is 11.2 Å². The fourth-order valence-corrected chi connectivity index (χ4v) is 5.31. The number of aliphatic imine (C=N–C) groups is 1. The van der Waals surface area contributed by atoms with Crippen LogP contribution in [0.1, 0.15) is 50.9 Å². The summed E-state index contributed by atoms with van der Waals surface area (Å²) in [6, 6.07) is 19.7. The fourth-order valence-electron chi connectivity index (χ4n) is 5.31. The monoisotopic (exact) mass is 621 g/mol. The van der Waals surface area contributed by atoms with Crippen LogP contribution in [0.25, 0.3) is 22.4 Å². The fraction of sp³-hybridized carbons (Fsp3) is 0.342. The highest BCUT2D eigenvalue weighted by molar-refractivity contribution is 5.74. The molecule has 8 heteroatoms. The molecule has 8 nitrogen and oxygen atoms in total. The van der Waals surface area contributed by atoms with Gasteiger partial charge in [-0.1, -0.05) is 50.8 Å². The first kappa shape index (κ1) is 35.8. The molecule has 0 aliphatic carbocycles. The number of nitrogens with two attached hydrogens (primary N) is 1. The number of nitrogens with zero attached hydrogens (tertiary/aromatic N) is 4. The van der Waals surface area contributed by atoms with E-state index < -0.39 is 0 Å². The standard InChI is InChI=1S/C37H48N6.CH3NO/c1-8-30(25-39-24-28(4)41-34-12-14-35(15-13-34)43-20-18-42(7)19-21-43)22-27(3)36-16-10-32(23-31(36)9-2)33-11-17-37(40-26-33)29(5)38-6;2-1-3/h10-17,22-26,28,38,41H,5,8-9,18-21H2,1-4,6-7H3;1H,(H2,2,3)/b27-22+,30-25+,39-24?;. The number of rotatable bonds is 12. The minimum Gasteiger partial charge on any atom is -0.387 e. The normalized spacial score (nSPS) is 14.8. The first-order chi connectivity index (χ1) is 22.2. The molecule has 1 fully saturated rings. The number of hydrogen-bond acceptors (Lipinski definition) is 7. The molecule has 0 saturated carbocycles. The third-order valence-corrected chi connectivity index (χ3v) is 8.11. The van der Waals surface area contributed by atoms with Crippen molar-refractivity contribution in [2.45, 2.75) is 46.6 Å². The Balaban J connectivity index is 0.00000185. The van der Waals surface area contributed by atoms with E-state index in [9.17, 15) is 0 Å². The number of benzene rings is 2. The van der Waals surface area contributed by atoms with Crippen LogP contribution in [0.2, 0.25) is 0 Å². The van der Waals surface area contributed by atoms with Gasteiger partial charge in [-0.15, -0.1) is 0 Å². The van der Waals surface area contributed by atoms with Crippen LogP contribution in [0.15, 0.2) is 90.2 Å². The predicted octanol–water partition coefficient (Wildman–Crippen LogP) is 6.62. The highest BCUT2D eigenvalue weighted by atomic mass is 16.1. The average Bonchev–Trinajstić information content (AvgIpc) is 3.08. The number of anilines is 2. The summed E-state index contributed by atoms with van der Waals surface area (Å²) >= 11 is 0. The van der Waals surface area contributed by atoms with Crippen LogP contribution >= 0.6 is 0 Å². The molecule has 2 aromatic carbocycles. The lowest BCUT2D eigenvalue weighted by Crippen LogP contribution is -2.44. The molecule has 1 amide bonds. The Morgan fingerprint density at radius 1 is 1.07 bits per heavy atom. The summed E-state index contributed by atoms with van der Waals surface area (Å²) in [6.45, 7) is 17.1. The molecule has 244 valence electrons. The second kappa shape index (κ2) is 18.3. The van der Waals surface area contributed by atoms with E-state index in [0.717, 1.165) is 61.7 Å². The van der Waals surface area contributed by atoms with Crippen molar-refractivity contribution < 1.29 is 4.79 Å². The van der Waals surface area contributed by atoms with E-state index in [4.69, 9.17) is 4.79 Å². The van der Waals surface area contributed by atoms with E-state index in [0.29, 0.717) is 0 Å². The van der Waals surface area contributed by atoms with Gasteiger partial charge in [0.15, 0.2) is 0 Å². The van der Waals surface area contributed by atoms with Crippen molar-refractivity contribution in [1.29, 1.82) is 0 Å². The zero-order valence-electron chi connectivity index (χ0n) is 28.4. The maximum absolute atomic E-state index is 8.58. The summed E-state index contributed by atoms with van der Waals surface area (Å²) in [5, 5.41) is 6.61. The number of allylic oxidation sites excluding steroid dienone is 3. The van der Waals surface area contributed by atoms with Gasteiger partial charge in [0.2, 0.25) is 6.41 Å². The molecule has 1 aliphatic rings. The van der Waals surface area contributed by atoms with E-state index in [2.05, 4.69) is 132 Å². The number of nitrogens with one attached hydrogen (secondary N) is 2. The van der Waals surface area contributed by atoms with Crippen molar-refractivity contribution in [2.75, 3.05) is 50.5 Å². The quantitative estimate of drug-likeness (QED) is 0.119. The van der Waals surface area contributed by atoms with Gasteiger partial charge in [0, 0.05) is 68.8 Å². The molecule has 46 heavy (non-hydrogen) atoms. The van der Waals surface area contributed by atoms with Crippen molar-refractivity contribution in [1.82, 2.24) is 15.2 Å². The largest absolute Gasteiger partial charge is 0.387 e. The Morgan fingerprint density at radius 3 is 2.33 bits per heavy atom. The maximum atomic E-state index is 8.58. The second-order valence-corrected chi connectivity index (χ2v) is 11.5. The Hall–Kier alpha value is -4.69. The first-order valence-electron chi connectivity index (χ1n) is 16.1. The number of carbonyl (C=O) groups is 1. The van der Waals surface area contributed by atoms with Crippen LogP contribution in [-0.4, -0.2) is 68.8 Å². The molecule has 2 heterocycles. The van der Waals surface area contributed by atoms with Crippen LogP contribution in [0.5, 0.6) is 0 Å². The molecule has 0 bridgehead atoms. The van der Waals surface area contributed by atoms with Gasteiger partial charge in [0.25, 0.3) is 0 Å². The van der Waals surface area contributed by atoms with Gasteiger partial charge in [0.05, 0.1) is 17.4 Å². The van der Waals surface area contributed by atoms with Gasteiger partial charge in [-0.25, -0.2) is 0 Å². The summed E-state index contributed by atoms with van der Waals surface area (Å²) in [6.07, 6.45) is 10.3. The summed E-state index contributed by atoms with van der Waals surface area (Å²) in [7, 11) is 4.05. The molecular weight excluding hydrogens is 570 g/mol. The summed E-state index contributed by atoms with van der Waals surface area (Å²) in [5.74, 6) is 0. The lowest BCUT2D eigenvalue weighted by Gasteiger charge is -2.34. The average molecular weight is 622 g/mol. The molecule has 1 atom stereocenters. The number of piperazine rings is 1. The number of hydrogen-bond donors (Lipinski definition) is 3. The minimum absolute atomic E-state index is 0.119. The molecule has 0 spiro atoms. The number of amides is 1. The number of likely N-dealkylation sites (N-methyl/N-ethyl adjacent to an activating group) is 1. The highest BCUT2D eigenvalue weighted by Gasteiger charge is 2.14. The zero-order chi connectivity index (χ0) is 33.5. The molecule has 1 unspecified atom stereocenters. The maximum Gasteiger partial charge on any atom is 0.204 e. The molecular formula is C38H51N7O. The number of pyridine rings is 1. The van der Waals surface area contributed by atoms with Crippen LogP contribution in [0.4, 0.5) is 11.4 Å². The minimum atomic E-state index is 0.119. The van der Waals surface area contributed by atoms with Crippen LogP contribution < -0.4 is 21.3 Å². The van der Waals surface area contributed by atoms with Crippen LogP contribution in [0, 0.1) is 0 Å². The van der Waals surface area contributed by atoms with Crippen molar-refractivity contribution in [2.24, 2.45) is 10.7 Å². The van der Waals surface area contributed by atoms with Crippen molar-refractivity contribution >= 4 is 35.3 Å². The lowest BCUT2D eigenvalue weighted by atomic mass is 9.93. The molecule has 4 rings (SSSR count). The molecule has 3 aromatic rings. The number of aryl methyl sites for hydroxylation is 1. The smallest absolute Gasteiger partial charge is 0.204 e. The molecule has 0 radical (unpaired) electrons. The van der Waals surface area contributed by atoms with Gasteiger partial charge in [-0.05, 0) is 91.9 Å². The third kappa shape index (κ3) is 10.4. The van der Waals surface area contributed by atoms with Gasteiger partial charge in [-0.2, -0.15) is 0 Å². The Bertz CT molecular complexity index is 1500. The van der Waals surface area contributed by atoms with E-state index in [1.807, 2.05) is 31.7 Å². The molecule has 1 aliphatic heterocycles. The summed E-state index contributed by atoms with van der Waals surface area (Å²) in [4.78, 5) is 22.7. The highest BCUT2D eigenvalue weighted by Crippen LogP contribution is 2.28. The van der Waals surface area contributed by atoms with Gasteiger partial charge < -0.3 is 26.2 Å². The first-order valence-corrected chi connectivity index (χ1v) is 16.1. The van der Waals surface area contributed by atoms with Crippen molar-refractivity contribution in [3.63, 3.8) is 0 Å².